The number of benzene rings is 1. The largest absolute Gasteiger partial charge is 0.508 e. The number of phenolic OH excluding ortho intramolecular Hbond substituents is 1. The quantitative estimate of drug-likeness (QED) is 0.835. The molecule has 0 fully saturated rings. The minimum atomic E-state index is -0.178. The SMILES string of the molecule is CCOC(=O)CCc1ccc(O)c(C(C)(C)C)c1. The molecule has 0 bridgehead atoms. The van der Waals surface area contributed by atoms with Crippen molar-refractivity contribution in [3.63, 3.8) is 0 Å². The van der Waals surface area contributed by atoms with Crippen molar-refractivity contribution in [2.24, 2.45) is 0 Å². The number of phenols is 1. The van der Waals surface area contributed by atoms with E-state index in [1.54, 1.807) is 13.0 Å². The Hall–Kier alpha value is -1.51. The van der Waals surface area contributed by atoms with Crippen LogP contribution in [0.15, 0.2) is 18.2 Å². The van der Waals surface area contributed by atoms with E-state index < -0.39 is 0 Å². The highest BCUT2D eigenvalue weighted by Gasteiger charge is 2.18. The lowest BCUT2D eigenvalue weighted by atomic mass is 9.85. The molecule has 0 atom stereocenters. The summed E-state index contributed by atoms with van der Waals surface area (Å²) < 4.78 is 4.90. The van der Waals surface area contributed by atoms with Gasteiger partial charge in [0.1, 0.15) is 5.75 Å². The normalized spacial score (nSPS) is 11.3. The van der Waals surface area contributed by atoms with E-state index in [2.05, 4.69) is 20.8 Å². The van der Waals surface area contributed by atoms with Gasteiger partial charge in [0, 0.05) is 6.42 Å². The summed E-state index contributed by atoms with van der Waals surface area (Å²) in [5.74, 6) is 0.130. The van der Waals surface area contributed by atoms with Gasteiger partial charge < -0.3 is 9.84 Å². The molecule has 0 aliphatic carbocycles. The molecule has 0 spiro atoms. The van der Waals surface area contributed by atoms with Crippen LogP contribution < -0.4 is 0 Å². The number of aromatic hydroxyl groups is 1. The maximum absolute atomic E-state index is 11.3. The first-order chi connectivity index (χ1) is 8.34. The third kappa shape index (κ3) is 4.06. The summed E-state index contributed by atoms with van der Waals surface area (Å²) in [6.45, 7) is 8.38. The van der Waals surface area contributed by atoms with E-state index in [0.717, 1.165) is 11.1 Å². The minimum absolute atomic E-state index is 0.107. The van der Waals surface area contributed by atoms with E-state index in [9.17, 15) is 9.90 Å². The van der Waals surface area contributed by atoms with Crippen LogP contribution in [-0.4, -0.2) is 17.7 Å². The lowest BCUT2D eigenvalue weighted by Crippen LogP contribution is -2.12. The van der Waals surface area contributed by atoms with E-state index in [1.807, 2.05) is 12.1 Å². The van der Waals surface area contributed by atoms with Crippen molar-refractivity contribution in [2.45, 2.75) is 46.0 Å². The molecule has 3 nitrogen and oxygen atoms in total. The zero-order chi connectivity index (χ0) is 13.8. The Morgan fingerprint density at radius 2 is 2.00 bits per heavy atom. The van der Waals surface area contributed by atoms with Gasteiger partial charge in [-0.25, -0.2) is 0 Å². The van der Waals surface area contributed by atoms with Crippen LogP contribution in [0.4, 0.5) is 0 Å². The second-order valence-electron chi connectivity index (χ2n) is 5.41. The van der Waals surface area contributed by atoms with E-state index in [-0.39, 0.29) is 11.4 Å². The average Bonchev–Trinajstić information content (AvgIpc) is 2.27. The highest BCUT2D eigenvalue weighted by atomic mass is 16.5. The number of hydrogen-bond acceptors (Lipinski definition) is 3. The summed E-state index contributed by atoms with van der Waals surface area (Å²) in [7, 11) is 0. The van der Waals surface area contributed by atoms with Gasteiger partial charge in [-0.05, 0) is 36.0 Å². The van der Waals surface area contributed by atoms with Crippen LogP contribution in [0.3, 0.4) is 0 Å². The fourth-order valence-electron chi connectivity index (χ4n) is 1.82. The second-order valence-corrected chi connectivity index (χ2v) is 5.41. The predicted octanol–water partition coefficient (Wildman–Crippen LogP) is 3.19. The molecule has 100 valence electrons. The Morgan fingerprint density at radius 1 is 1.33 bits per heavy atom. The number of rotatable bonds is 4. The van der Waals surface area contributed by atoms with E-state index in [1.165, 1.54) is 0 Å². The fourth-order valence-corrected chi connectivity index (χ4v) is 1.82. The zero-order valence-corrected chi connectivity index (χ0v) is 11.6. The molecule has 0 aliphatic heterocycles. The van der Waals surface area contributed by atoms with Gasteiger partial charge in [-0.2, -0.15) is 0 Å². The predicted molar refractivity (Wildman–Crippen MR) is 71.8 cm³/mol. The molecule has 18 heavy (non-hydrogen) atoms. The molecule has 1 aromatic rings. The number of carbonyl (C=O) groups excluding carboxylic acids is 1. The maximum Gasteiger partial charge on any atom is 0.306 e. The highest BCUT2D eigenvalue weighted by Crippen LogP contribution is 2.31. The molecule has 0 heterocycles. The van der Waals surface area contributed by atoms with Gasteiger partial charge in [-0.3, -0.25) is 4.79 Å². The molecule has 0 amide bonds. The third-order valence-corrected chi connectivity index (χ3v) is 2.79. The molecule has 0 saturated heterocycles. The van der Waals surface area contributed by atoms with Crippen molar-refractivity contribution in [2.75, 3.05) is 6.61 Å². The Bertz CT molecular complexity index is 416. The summed E-state index contributed by atoms with van der Waals surface area (Å²) in [5.41, 5.74) is 1.85. The topological polar surface area (TPSA) is 46.5 Å². The number of aryl methyl sites for hydroxylation is 1. The molecule has 0 unspecified atom stereocenters. The van der Waals surface area contributed by atoms with E-state index >= 15 is 0 Å². The molecule has 0 aliphatic rings. The average molecular weight is 250 g/mol. The van der Waals surface area contributed by atoms with Crippen molar-refractivity contribution in [3.05, 3.63) is 29.3 Å². The molecule has 0 aromatic heterocycles. The van der Waals surface area contributed by atoms with Crippen molar-refractivity contribution in [1.29, 1.82) is 0 Å². The first-order valence-electron chi connectivity index (χ1n) is 6.32. The van der Waals surface area contributed by atoms with Crippen molar-refractivity contribution in [3.8, 4) is 5.75 Å². The summed E-state index contributed by atoms with van der Waals surface area (Å²) in [6, 6.07) is 5.51. The minimum Gasteiger partial charge on any atom is -0.508 e. The summed E-state index contributed by atoms with van der Waals surface area (Å²) in [6.07, 6.45) is 1.02. The Balaban J connectivity index is 2.77. The Kier molecular flexibility index (Phi) is 4.76. The Labute approximate surface area is 109 Å². The maximum atomic E-state index is 11.3. The molecular formula is C15H22O3. The summed E-state index contributed by atoms with van der Waals surface area (Å²) in [4.78, 5) is 11.3. The first-order valence-corrected chi connectivity index (χ1v) is 6.32. The van der Waals surface area contributed by atoms with Gasteiger partial charge in [-0.1, -0.05) is 32.9 Å². The van der Waals surface area contributed by atoms with Crippen LogP contribution in [-0.2, 0) is 21.4 Å². The molecular weight excluding hydrogens is 228 g/mol. The number of esters is 1. The number of hydrogen-bond donors (Lipinski definition) is 1. The molecule has 1 rings (SSSR count). The van der Waals surface area contributed by atoms with Gasteiger partial charge in [-0.15, -0.1) is 0 Å². The van der Waals surface area contributed by atoms with Gasteiger partial charge in [0.25, 0.3) is 0 Å². The van der Waals surface area contributed by atoms with Crippen LogP contribution in [0.2, 0.25) is 0 Å². The third-order valence-electron chi connectivity index (χ3n) is 2.79. The van der Waals surface area contributed by atoms with Crippen LogP contribution >= 0.6 is 0 Å². The van der Waals surface area contributed by atoms with Crippen LogP contribution in [0.5, 0.6) is 5.75 Å². The van der Waals surface area contributed by atoms with E-state index in [0.29, 0.717) is 25.2 Å². The molecule has 1 N–H and O–H groups in total. The molecule has 1 aromatic carbocycles. The van der Waals surface area contributed by atoms with E-state index in [4.69, 9.17) is 4.74 Å². The molecule has 0 saturated carbocycles. The van der Waals surface area contributed by atoms with Gasteiger partial charge >= 0.3 is 5.97 Å². The van der Waals surface area contributed by atoms with Crippen molar-refractivity contribution in [1.82, 2.24) is 0 Å². The smallest absolute Gasteiger partial charge is 0.306 e. The lowest BCUT2D eigenvalue weighted by Gasteiger charge is -2.21. The Morgan fingerprint density at radius 3 is 2.56 bits per heavy atom. The monoisotopic (exact) mass is 250 g/mol. The van der Waals surface area contributed by atoms with Crippen LogP contribution in [0.25, 0.3) is 0 Å². The summed E-state index contributed by atoms with van der Waals surface area (Å²) in [5, 5.41) is 9.84. The standard InChI is InChI=1S/C15H22O3/c1-5-18-14(17)9-7-11-6-8-13(16)12(10-11)15(2,3)4/h6,8,10,16H,5,7,9H2,1-4H3. The first kappa shape index (κ1) is 14.6. The van der Waals surface area contributed by atoms with Crippen LogP contribution in [0.1, 0.15) is 45.2 Å². The van der Waals surface area contributed by atoms with Crippen LogP contribution in [0, 0.1) is 0 Å². The fraction of sp³-hybridized carbons (Fsp3) is 0.533. The van der Waals surface area contributed by atoms with Gasteiger partial charge in [0.15, 0.2) is 0 Å². The molecule has 0 radical (unpaired) electrons. The highest BCUT2D eigenvalue weighted by molar-refractivity contribution is 5.69. The lowest BCUT2D eigenvalue weighted by molar-refractivity contribution is -0.143. The summed E-state index contributed by atoms with van der Waals surface area (Å²) >= 11 is 0. The van der Waals surface area contributed by atoms with Crippen molar-refractivity contribution >= 4 is 5.97 Å². The van der Waals surface area contributed by atoms with Gasteiger partial charge in [0.2, 0.25) is 0 Å². The number of carbonyl (C=O) groups is 1. The zero-order valence-electron chi connectivity index (χ0n) is 11.6. The number of ether oxygens (including phenoxy) is 1. The molecule has 3 heteroatoms. The van der Waals surface area contributed by atoms with Gasteiger partial charge in [0.05, 0.1) is 6.61 Å². The second kappa shape index (κ2) is 5.89. The van der Waals surface area contributed by atoms with Crippen molar-refractivity contribution < 1.29 is 14.6 Å².